The molecule has 2 unspecified atom stereocenters. The second kappa shape index (κ2) is 5.87. The average molecular weight is 271 g/mol. The van der Waals surface area contributed by atoms with E-state index in [1.54, 1.807) is 0 Å². The standard InChI is InChI=1S/C14H20ClFN2/c1-10-5-3-4-6-13(10)18(2)14-11(8-15)7-12(16)9-17-14/h7,9-10,13H,3-6,8H2,1-2H3. The van der Waals surface area contributed by atoms with Gasteiger partial charge in [-0.15, -0.1) is 11.6 Å². The predicted molar refractivity (Wildman–Crippen MR) is 73.6 cm³/mol. The summed E-state index contributed by atoms with van der Waals surface area (Å²) in [7, 11) is 2.04. The summed E-state index contributed by atoms with van der Waals surface area (Å²) in [6.07, 6.45) is 6.28. The molecule has 0 bridgehead atoms. The summed E-state index contributed by atoms with van der Waals surface area (Å²) in [5.74, 6) is 1.45. The molecule has 0 saturated heterocycles. The van der Waals surface area contributed by atoms with Gasteiger partial charge in [0.25, 0.3) is 0 Å². The SMILES string of the molecule is CC1CCCCC1N(C)c1ncc(F)cc1CCl. The van der Waals surface area contributed by atoms with Gasteiger partial charge in [0, 0.05) is 18.7 Å². The first-order valence-electron chi connectivity index (χ1n) is 6.56. The fourth-order valence-electron chi connectivity index (χ4n) is 2.92. The highest BCUT2D eigenvalue weighted by molar-refractivity contribution is 6.17. The molecular weight excluding hydrogens is 251 g/mol. The van der Waals surface area contributed by atoms with Crippen LogP contribution >= 0.6 is 11.6 Å². The predicted octanol–water partition coefficient (Wildman–Crippen LogP) is 3.97. The lowest BCUT2D eigenvalue weighted by atomic mass is 9.85. The number of hydrogen-bond acceptors (Lipinski definition) is 2. The molecule has 1 saturated carbocycles. The molecule has 2 rings (SSSR count). The third-order valence-corrected chi connectivity index (χ3v) is 4.24. The Kier molecular flexibility index (Phi) is 4.44. The zero-order chi connectivity index (χ0) is 13.1. The van der Waals surface area contributed by atoms with Crippen LogP contribution in [0.25, 0.3) is 0 Å². The van der Waals surface area contributed by atoms with Gasteiger partial charge in [-0.05, 0) is 24.8 Å². The number of alkyl halides is 1. The third-order valence-electron chi connectivity index (χ3n) is 3.95. The van der Waals surface area contributed by atoms with Gasteiger partial charge in [-0.1, -0.05) is 19.8 Å². The Bertz CT molecular complexity index is 411. The zero-order valence-corrected chi connectivity index (χ0v) is 11.8. The summed E-state index contributed by atoms with van der Waals surface area (Å²) >= 11 is 5.89. The lowest BCUT2D eigenvalue weighted by Gasteiger charge is -2.37. The molecule has 0 aromatic carbocycles. The number of rotatable bonds is 3. The van der Waals surface area contributed by atoms with E-state index in [0.717, 1.165) is 11.4 Å². The second-order valence-corrected chi connectivity index (χ2v) is 5.48. The Morgan fingerprint density at radius 3 is 2.83 bits per heavy atom. The van der Waals surface area contributed by atoms with Crippen LogP contribution in [-0.2, 0) is 5.88 Å². The van der Waals surface area contributed by atoms with Crippen LogP contribution in [0.15, 0.2) is 12.3 Å². The lowest BCUT2D eigenvalue weighted by Crippen LogP contribution is -2.39. The molecule has 0 amide bonds. The summed E-state index contributed by atoms with van der Waals surface area (Å²) in [4.78, 5) is 6.41. The van der Waals surface area contributed by atoms with E-state index in [1.807, 2.05) is 7.05 Å². The lowest BCUT2D eigenvalue weighted by molar-refractivity contribution is 0.320. The smallest absolute Gasteiger partial charge is 0.141 e. The molecule has 2 nitrogen and oxygen atoms in total. The third kappa shape index (κ3) is 2.77. The van der Waals surface area contributed by atoms with Gasteiger partial charge in [0.2, 0.25) is 0 Å². The van der Waals surface area contributed by atoms with Gasteiger partial charge < -0.3 is 4.90 Å². The van der Waals surface area contributed by atoms with E-state index in [0.29, 0.717) is 17.8 Å². The number of pyridine rings is 1. The molecule has 1 aromatic rings. The molecule has 0 N–H and O–H groups in total. The van der Waals surface area contributed by atoms with Crippen molar-refractivity contribution in [2.75, 3.05) is 11.9 Å². The number of anilines is 1. The molecule has 100 valence electrons. The number of halogens is 2. The van der Waals surface area contributed by atoms with Crippen molar-refractivity contribution in [3.8, 4) is 0 Å². The highest BCUT2D eigenvalue weighted by atomic mass is 35.5. The first-order valence-corrected chi connectivity index (χ1v) is 7.10. The summed E-state index contributed by atoms with van der Waals surface area (Å²) in [6, 6.07) is 1.97. The van der Waals surface area contributed by atoms with E-state index in [4.69, 9.17) is 11.6 Å². The average Bonchev–Trinajstić information content (AvgIpc) is 2.38. The minimum atomic E-state index is -0.320. The minimum absolute atomic E-state index is 0.297. The molecule has 1 aliphatic carbocycles. The van der Waals surface area contributed by atoms with E-state index in [1.165, 1.54) is 37.9 Å². The Morgan fingerprint density at radius 1 is 1.44 bits per heavy atom. The topological polar surface area (TPSA) is 16.1 Å². The highest BCUT2D eigenvalue weighted by Crippen LogP contribution is 2.31. The number of aromatic nitrogens is 1. The molecule has 1 aliphatic rings. The van der Waals surface area contributed by atoms with Crippen LogP contribution in [0.3, 0.4) is 0 Å². The van der Waals surface area contributed by atoms with Crippen LogP contribution in [0, 0.1) is 11.7 Å². The van der Waals surface area contributed by atoms with E-state index >= 15 is 0 Å². The van der Waals surface area contributed by atoms with Crippen molar-refractivity contribution in [3.05, 3.63) is 23.6 Å². The van der Waals surface area contributed by atoms with Gasteiger partial charge in [0.05, 0.1) is 12.1 Å². The monoisotopic (exact) mass is 270 g/mol. The van der Waals surface area contributed by atoms with Crippen molar-refractivity contribution < 1.29 is 4.39 Å². The van der Waals surface area contributed by atoms with Crippen LogP contribution in [0.4, 0.5) is 10.2 Å². The molecule has 1 aromatic heterocycles. The van der Waals surface area contributed by atoms with Crippen molar-refractivity contribution in [1.82, 2.24) is 4.98 Å². The van der Waals surface area contributed by atoms with E-state index in [9.17, 15) is 4.39 Å². The molecule has 0 aliphatic heterocycles. The van der Waals surface area contributed by atoms with Crippen molar-refractivity contribution in [2.24, 2.45) is 5.92 Å². The largest absolute Gasteiger partial charge is 0.356 e. The van der Waals surface area contributed by atoms with Crippen molar-refractivity contribution in [2.45, 2.75) is 44.5 Å². The number of nitrogens with zero attached hydrogens (tertiary/aromatic N) is 2. The molecular formula is C14H20ClFN2. The molecule has 0 spiro atoms. The molecule has 4 heteroatoms. The zero-order valence-electron chi connectivity index (χ0n) is 11.0. The van der Waals surface area contributed by atoms with Crippen molar-refractivity contribution in [1.29, 1.82) is 0 Å². The van der Waals surface area contributed by atoms with Gasteiger partial charge in [0.15, 0.2) is 0 Å². The normalized spacial score (nSPS) is 24.0. The highest BCUT2D eigenvalue weighted by Gasteiger charge is 2.26. The summed E-state index contributed by atoms with van der Waals surface area (Å²) < 4.78 is 13.2. The van der Waals surface area contributed by atoms with Crippen LogP contribution in [0.2, 0.25) is 0 Å². The van der Waals surface area contributed by atoms with Gasteiger partial charge in [0.1, 0.15) is 11.6 Å². The fraction of sp³-hybridized carbons (Fsp3) is 0.643. The van der Waals surface area contributed by atoms with E-state index in [-0.39, 0.29) is 5.82 Å². The Balaban J connectivity index is 2.24. The summed E-state index contributed by atoms with van der Waals surface area (Å²) in [5.41, 5.74) is 0.775. The Labute approximate surface area is 113 Å². The first-order chi connectivity index (χ1) is 8.63. The summed E-state index contributed by atoms with van der Waals surface area (Å²) in [6.45, 7) is 2.28. The van der Waals surface area contributed by atoms with E-state index < -0.39 is 0 Å². The maximum Gasteiger partial charge on any atom is 0.141 e. The van der Waals surface area contributed by atoms with Crippen molar-refractivity contribution in [3.63, 3.8) is 0 Å². The van der Waals surface area contributed by atoms with Crippen LogP contribution in [-0.4, -0.2) is 18.1 Å². The molecule has 18 heavy (non-hydrogen) atoms. The Morgan fingerprint density at radius 2 is 2.17 bits per heavy atom. The van der Waals surface area contributed by atoms with Crippen LogP contribution < -0.4 is 4.90 Å². The molecule has 1 heterocycles. The first kappa shape index (κ1) is 13.6. The fourth-order valence-corrected chi connectivity index (χ4v) is 3.12. The van der Waals surface area contributed by atoms with Gasteiger partial charge in [-0.25, -0.2) is 9.37 Å². The molecule has 1 fully saturated rings. The van der Waals surface area contributed by atoms with E-state index in [2.05, 4.69) is 16.8 Å². The molecule has 0 radical (unpaired) electrons. The van der Waals surface area contributed by atoms with Crippen LogP contribution in [0.5, 0.6) is 0 Å². The van der Waals surface area contributed by atoms with Gasteiger partial charge >= 0.3 is 0 Å². The number of hydrogen-bond donors (Lipinski definition) is 0. The van der Waals surface area contributed by atoms with Crippen LogP contribution in [0.1, 0.15) is 38.2 Å². The maximum atomic E-state index is 13.2. The van der Waals surface area contributed by atoms with Gasteiger partial charge in [-0.3, -0.25) is 0 Å². The second-order valence-electron chi connectivity index (χ2n) is 5.21. The van der Waals surface area contributed by atoms with Gasteiger partial charge in [-0.2, -0.15) is 0 Å². The van der Waals surface area contributed by atoms with Crippen molar-refractivity contribution >= 4 is 17.4 Å². The quantitative estimate of drug-likeness (QED) is 0.773. The summed E-state index contributed by atoms with van der Waals surface area (Å²) in [5, 5.41) is 0. The maximum absolute atomic E-state index is 13.2. The Hall–Kier alpha value is -0.830. The minimum Gasteiger partial charge on any atom is -0.356 e. The molecule has 2 atom stereocenters.